The molecule has 12 heavy (non-hydrogen) atoms. The Morgan fingerprint density at radius 2 is 2.25 bits per heavy atom. The number of β-amino-alcohol motifs (C(OH)–C–C–N with tert-alkyl or cyclic N) is 1. The SMILES string of the molecule is CCCN1CCC(CO)C(O)C1. The fraction of sp³-hybridized carbons (Fsp3) is 1.00. The molecule has 0 radical (unpaired) electrons. The van der Waals surface area contributed by atoms with E-state index in [9.17, 15) is 5.11 Å². The lowest BCUT2D eigenvalue weighted by molar-refractivity contribution is -0.00166. The first kappa shape index (κ1) is 9.96. The summed E-state index contributed by atoms with van der Waals surface area (Å²) in [5.41, 5.74) is 0. The molecule has 1 fully saturated rings. The monoisotopic (exact) mass is 173 g/mol. The first-order valence-corrected chi connectivity index (χ1v) is 4.79. The highest BCUT2D eigenvalue weighted by Gasteiger charge is 2.26. The Hall–Kier alpha value is -0.120. The molecule has 72 valence electrons. The van der Waals surface area contributed by atoms with Gasteiger partial charge in [0.1, 0.15) is 0 Å². The summed E-state index contributed by atoms with van der Waals surface area (Å²) in [7, 11) is 0. The average Bonchev–Trinajstić information content (AvgIpc) is 2.05. The third kappa shape index (κ3) is 2.44. The Kier molecular flexibility index (Phi) is 3.98. The van der Waals surface area contributed by atoms with E-state index in [-0.39, 0.29) is 18.6 Å². The highest BCUT2D eigenvalue weighted by molar-refractivity contribution is 4.78. The summed E-state index contributed by atoms with van der Waals surface area (Å²) in [5, 5.41) is 18.5. The molecule has 0 aromatic carbocycles. The summed E-state index contributed by atoms with van der Waals surface area (Å²) in [4.78, 5) is 2.26. The van der Waals surface area contributed by atoms with Crippen molar-refractivity contribution in [2.24, 2.45) is 5.92 Å². The van der Waals surface area contributed by atoms with Crippen molar-refractivity contribution in [2.45, 2.75) is 25.9 Å². The van der Waals surface area contributed by atoms with Crippen LogP contribution in [-0.2, 0) is 0 Å². The number of rotatable bonds is 3. The summed E-state index contributed by atoms with van der Waals surface area (Å²) < 4.78 is 0. The van der Waals surface area contributed by atoms with Crippen LogP contribution in [0.4, 0.5) is 0 Å². The van der Waals surface area contributed by atoms with Crippen molar-refractivity contribution >= 4 is 0 Å². The van der Waals surface area contributed by atoms with E-state index in [1.807, 2.05) is 0 Å². The van der Waals surface area contributed by atoms with Gasteiger partial charge in [-0.1, -0.05) is 6.92 Å². The fourth-order valence-electron chi connectivity index (χ4n) is 1.78. The van der Waals surface area contributed by atoms with Gasteiger partial charge in [-0.2, -0.15) is 0 Å². The Balaban J connectivity index is 2.30. The lowest BCUT2D eigenvalue weighted by Gasteiger charge is -2.34. The molecule has 1 aliphatic heterocycles. The van der Waals surface area contributed by atoms with Crippen molar-refractivity contribution in [1.29, 1.82) is 0 Å². The number of likely N-dealkylation sites (tertiary alicyclic amines) is 1. The standard InChI is InChI=1S/C9H19NO2/c1-2-4-10-5-3-8(7-11)9(12)6-10/h8-9,11-12H,2-7H2,1H3. The molecule has 2 N–H and O–H groups in total. The first-order chi connectivity index (χ1) is 5.77. The van der Waals surface area contributed by atoms with Crippen LogP contribution in [0, 0.1) is 5.92 Å². The van der Waals surface area contributed by atoms with Crippen molar-refractivity contribution in [2.75, 3.05) is 26.2 Å². The Labute approximate surface area is 74.0 Å². The van der Waals surface area contributed by atoms with Gasteiger partial charge in [0.05, 0.1) is 6.10 Å². The Morgan fingerprint density at radius 1 is 1.50 bits per heavy atom. The molecule has 0 spiro atoms. The van der Waals surface area contributed by atoms with Crippen LogP contribution in [0.1, 0.15) is 19.8 Å². The van der Waals surface area contributed by atoms with Crippen LogP contribution in [-0.4, -0.2) is 47.5 Å². The van der Waals surface area contributed by atoms with Gasteiger partial charge in [-0.15, -0.1) is 0 Å². The number of nitrogens with zero attached hydrogens (tertiary/aromatic N) is 1. The maximum absolute atomic E-state index is 9.56. The summed E-state index contributed by atoms with van der Waals surface area (Å²) in [6.45, 7) is 5.09. The molecule has 0 amide bonds. The van der Waals surface area contributed by atoms with Gasteiger partial charge >= 0.3 is 0 Å². The summed E-state index contributed by atoms with van der Waals surface area (Å²) in [6.07, 6.45) is 1.74. The van der Waals surface area contributed by atoms with Crippen LogP contribution in [0.15, 0.2) is 0 Å². The second-order valence-corrected chi connectivity index (χ2v) is 3.60. The van der Waals surface area contributed by atoms with Gasteiger partial charge < -0.3 is 15.1 Å². The van der Waals surface area contributed by atoms with E-state index in [1.165, 1.54) is 0 Å². The lowest BCUT2D eigenvalue weighted by Crippen LogP contribution is -2.45. The molecule has 1 aliphatic rings. The van der Waals surface area contributed by atoms with Crippen LogP contribution in [0.5, 0.6) is 0 Å². The highest BCUT2D eigenvalue weighted by Crippen LogP contribution is 2.16. The highest BCUT2D eigenvalue weighted by atomic mass is 16.3. The molecular formula is C9H19NO2. The van der Waals surface area contributed by atoms with Gasteiger partial charge in [0.2, 0.25) is 0 Å². The van der Waals surface area contributed by atoms with Crippen LogP contribution < -0.4 is 0 Å². The zero-order valence-corrected chi connectivity index (χ0v) is 7.74. The molecule has 0 aromatic heterocycles. The van der Waals surface area contributed by atoms with E-state index in [4.69, 9.17) is 5.11 Å². The smallest absolute Gasteiger partial charge is 0.0717 e. The topological polar surface area (TPSA) is 43.7 Å². The second kappa shape index (κ2) is 4.80. The van der Waals surface area contributed by atoms with Gasteiger partial charge in [0, 0.05) is 19.1 Å². The zero-order chi connectivity index (χ0) is 8.97. The van der Waals surface area contributed by atoms with Crippen molar-refractivity contribution < 1.29 is 10.2 Å². The number of hydrogen-bond donors (Lipinski definition) is 2. The Morgan fingerprint density at radius 3 is 2.75 bits per heavy atom. The van der Waals surface area contributed by atoms with Crippen molar-refractivity contribution in [3.63, 3.8) is 0 Å². The van der Waals surface area contributed by atoms with Crippen LogP contribution in [0.2, 0.25) is 0 Å². The molecule has 0 aromatic rings. The van der Waals surface area contributed by atoms with Gasteiger partial charge in [0.25, 0.3) is 0 Å². The molecule has 1 heterocycles. The first-order valence-electron chi connectivity index (χ1n) is 4.79. The van der Waals surface area contributed by atoms with Crippen LogP contribution in [0.25, 0.3) is 0 Å². The summed E-state index contributed by atoms with van der Waals surface area (Å²) in [5.74, 6) is 0.109. The van der Waals surface area contributed by atoms with E-state index in [2.05, 4.69) is 11.8 Å². The second-order valence-electron chi connectivity index (χ2n) is 3.60. The Bertz CT molecular complexity index is 130. The summed E-state index contributed by atoms with van der Waals surface area (Å²) >= 11 is 0. The van der Waals surface area contributed by atoms with E-state index in [1.54, 1.807) is 0 Å². The van der Waals surface area contributed by atoms with Gasteiger partial charge in [-0.3, -0.25) is 0 Å². The molecule has 3 heteroatoms. The zero-order valence-electron chi connectivity index (χ0n) is 7.74. The largest absolute Gasteiger partial charge is 0.396 e. The minimum atomic E-state index is -0.324. The molecule has 1 saturated heterocycles. The van der Waals surface area contributed by atoms with Gasteiger partial charge in [0.15, 0.2) is 0 Å². The third-order valence-electron chi connectivity index (χ3n) is 2.58. The minimum absolute atomic E-state index is 0.109. The maximum atomic E-state index is 9.56. The molecule has 0 saturated carbocycles. The minimum Gasteiger partial charge on any atom is -0.396 e. The van der Waals surface area contributed by atoms with Gasteiger partial charge in [-0.25, -0.2) is 0 Å². The van der Waals surface area contributed by atoms with E-state index in [0.717, 1.165) is 32.5 Å². The molecule has 0 bridgehead atoms. The fourth-order valence-corrected chi connectivity index (χ4v) is 1.78. The predicted molar refractivity (Wildman–Crippen MR) is 47.9 cm³/mol. The quantitative estimate of drug-likeness (QED) is 0.635. The van der Waals surface area contributed by atoms with E-state index in [0.29, 0.717) is 0 Å². The molecule has 2 atom stereocenters. The third-order valence-corrected chi connectivity index (χ3v) is 2.58. The van der Waals surface area contributed by atoms with Crippen molar-refractivity contribution in [3.05, 3.63) is 0 Å². The normalized spacial score (nSPS) is 32.2. The molecular weight excluding hydrogens is 154 g/mol. The van der Waals surface area contributed by atoms with Crippen LogP contribution in [0.3, 0.4) is 0 Å². The predicted octanol–water partition coefficient (Wildman–Crippen LogP) is 0.0715. The number of piperidine rings is 1. The van der Waals surface area contributed by atoms with Crippen molar-refractivity contribution in [3.8, 4) is 0 Å². The van der Waals surface area contributed by atoms with Crippen LogP contribution >= 0.6 is 0 Å². The molecule has 2 unspecified atom stereocenters. The number of aliphatic hydroxyl groups is 2. The molecule has 3 nitrogen and oxygen atoms in total. The molecule has 0 aliphatic carbocycles. The van der Waals surface area contributed by atoms with E-state index >= 15 is 0 Å². The average molecular weight is 173 g/mol. The lowest BCUT2D eigenvalue weighted by atomic mass is 9.95. The molecule has 1 rings (SSSR count). The van der Waals surface area contributed by atoms with Gasteiger partial charge in [-0.05, 0) is 25.9 Å². The maximum Gasteiger partial charge on any atom is 0.0717 e. The summed E-state index contributed by atoms with van der Waals surface area (Å²) in [6, 6.07) is 0. The number of hydrogen-bond acceptors (Lipinski definition) is 3. The van der Waals surface area contributed by atoms with Crippen molar-refractivity contribution in [1.82, 2.24) is 4.90 Å². The number of aliphatic hydroxyl groups excluding tert-OH is 2. The van der Waals surface area contributed by atoms with E-state index < -0.39 is 0 Å².